The summed E-state index contributed by atoms with van der Waals surface area (Å²) in [6.45, 7) is 0.0897. The van der Waals surface area contributed by atoms with Crippen molar-refractivity contribution in [1.82, 2.24) is 15.1 Å². The minimum absolute atomic E-state index is 0.0758. The highest BCUT2D eigenvalue weighted by molar-refractivity contribution is 5.93. The van der Waals surface area contributed by atoms with Gasteiger partial charge in [-0.3, -0.25) is 4.79 Å². The van der Waals surface area contributed by atoms with E-state index in [4.69, 9.17) is 4.42 Å². The van der Waals surface area contributed by atoms with Crippen molar-refractivity contribution in [3.8, 4) is 0 Å². The zero-order chi connectivity index (χ0) is 20.6. The van der Waals surface area contributed by atoms with Crippen molar-refractivity contribution < 1.29 is 26.8 Å². The fraction of sp³-hybridized carbons (Fsp3) is 0.263. The number of amides is 1. The van der Waals surface area contributed by atoms with Gasteiger partial charge in [-0.05, 0) is 29.8 Å². The third-order valence-corrected chi connectivity index (χ3v) is 4.68. The summed E-state index contributed by atoms with van der Waals surface area (Å²) in [6.07, 6.45) is -3.47. The SMILES string of the molecule is O=C(NCc1ccc(F)cc1)c1cc2n(n1)[C@@H](C(F)(F)F)C[C@H](c1ccco1)N2. The first-order valence-corrected chi connectivity index (χ1v) is 8.80. The fourth-order valence-corrected chi connectivity index (χ4v) is 3.24. The lowest BCUT2D eigenvalue weighted by Gasteiger charge is -2.32. The molecule has 0 bridgehead atoms. The number of aromatic nitrogens is 2. The number of halogens is 4. The van der Waals surface area contributed by atoms with Crippen molar-refractivity contribution in [2.45, 2.75) is 31.2 Å². The Morgan fingerprint density at radius 1 is 1.28 bits per heavy atom. The quantitative estimate of drug-likeness (QED) is 0.635. The standard InChI is InChI=1S/C19H16F4N4O2/c20-12-5-3-11(4-6-12)10-24-18(28)14-9-17-25-13(15-2-1-7-29-15)8-16(19(21,22)23)27(17)26-14/h1-7,9,13,16,25H,8,10H2,(H,24,28)/t13-,16-/m1/s1. The van der Waals surface area contributed by atoms with Gasteiger partial charge in [-0.1, -0.05) is 12.1 Å². The maximum atomic E-state index is 13.6. The van der Waals surface area contributed by atoms with Gasteiger partial charge in [-0.25, -0.2) is 9.07 Å². The molecule has 0 saturated carbocycles. The molecule has 2 atom stereocenters. The van der Waals surface area contributed by atoms with Crippen molar-refractivity contribution >= 4 is 11.7 Å². The number of rotatable bonds is 4. The van der Waals surface area contributed by atoms with Crippen LogP contribution in [0.4, 0.5) is 23.4 Å². The second kappa shape index (κ2) is 7.26. The zero-order valence-electron chi connectivity index (χ0n) is 14.9. The Kier molecular flexibility index (Phi) is 4.77. The van der Waals surface area contributed by atoms with E-state index in [0.717, 1.165) is 4.68 Å². The first-order valence-electron chi connectivity index (χ1n) is 8.80. The highest BCUT2D eigenvalue weighted by Gasteiger charge is 2.47. The van der Waals surface area contributed by atoms with E-state index >= 15 is 0 Å². The van der Waals surface area contributed by atoms with Gasteiger partial charge >= 0.3 is 6.18 Å². The Balaban J connectivity index is 1.55. The van der Waals surface area contributed by atoms with Crippen molar-refractivity contribution in [1.29, 1.82) is 0 Å². The lowest BCUT2D eigenvalue weighted by Crippen LogP contribution is -2.35. The largest absolute Gasteiger partial charge is 0.467 e. The summed E-state index contributed by atoms with van der Waals surface area (Å²) in [5.74, 6) is -0.591. The number of hydrogen-bond acceptors (Lipinski definition) is 4. The number of alkyl halides is 3. The van der Waals surface area contributed by atoms with E-state index in [1.807, 2.05) is 0 Å². The summed E-state index contributed by atoms with van der Waals surface area (Å²) in [5.41, 5.74) is 0.497. The van der Waals surface area contributed by atoms with Crippen LogP contribution in [0.15, 0.2) is 53.1 Å². The van der Waals surface area contributed by atoms with Crippen LogP contribution in [0.2, 0.25) is 0 Å². The van der Waals surface area contributed by atoms with Crippen LogP contribution in [-0.2, 0) is 6.54 Å². The van der Waals surface area contributed by atoms with E-state index in [9.17, 15) is 22.4 Å². The number of benzene rings is 1. The van der Waals surface area contributed by atoms with Gasteiger partial charge < -0.3 is 15.1 Å². The number of fused-ring (bicyclic) bond motifs is 1. The Bertz CT molecular complexity index is 996. The maximum absolute atomic E-state index is 13.6. The van der Waals surface area contributed by atoms with E-state index in [1.165, 1.54) is 36.6 Å². The first kappa shape index (κ1) is 19.0. The van der Waals surface area contributed by atoms with Gasteiger partial charge in [0.2, 0.25) is 0 Å². The second-order valence-corrected chi connectivity index (χ2v) is 6.67. The number of furan rings is 1. The molecular formula is C19H16F4N4O2. The normalized spacial score (nSPS) is 18.8. The molecule has 1 aliphatic rings. The minimum atomic E-state index is -4.55. The van der Waals surface area contributed by atoms with Gasteiger partial charge in [0.1, 0.15) is 17.4 Å². The predicted octanol–water partition coefficient (Wildman–Crippen LogP) is 4.21. The summed E-state index contributed by atoms with van der Waals surface area (Å²) in [7, 11) is 0. The van der Waals surface area contributed by atoms with Gasteiger partial charge in [0.25, 0.3) is 5.91 Å². The molecule has 0 unspecified atom stereocenters. The highest BCUT2D eigenvalue weighted by Crippen LogP contribution is 2.43. The minimum Gasteiger partial charge on any atom is -0.467 e. The molecule has 2 aromatic heterocycles. The Morgan fingerprint density at radius 2 is 2.03 bits per heavy atom. The average molecular weight is 408 g/mol. The molecule has 1 aliphatic heterocycles. The Hall–Kier alpha value is -3.30. The van der Waals surface area contributed by atoms with E-state index < -0.39 is 30.0 Å². The van der Waals surface area contributed by atoms with Crippen LogP contribution in [0.1, 0.15) is 40.3 Å². The first-order chi connectivity index (χ1) is 13.8. The molecule has 3 aromatic rings. The lowest BCUT2D eigenvalue weighted by molar-refractivity contribution is -0.174. The summed E-state index contributed by atoms with van der Waals surface area (Å²) in [5, 5.41) is 9.39. The second-order valence-electron chi connectivity index (χ2n) is 6.67. The van der Waals surface area contributed by atoms with Crippen molar-refractivity contribution in [3.63, 3.8) is 0 Å². The molecule has 1 amide bonds. The van der Waals surface area contributed by atoms with Crippen LogP contribution in [-0.4, -0.2) is 21.9 Å². The number of carbonyl (C=O) groups excluding carboxylic acids is 1. The Labute approximate surface area is 162 Å². The molecule has 2 N–H and O–H groups in total. The molecule has 0 spiro atoms. The molecule has 10 heteroatoms. The number of anilines is 1. The number of nitrogens with one attached hydrogen (secondary N) is 2. The van der Waals surface area contributed by atoms with Crippen LogP contribution >= 0.6 is 0 Å². The molecule has 152 valence electrons. The molecular weight excluding hydrogens is 392 g/mol. The van der Waals surface area contributed by atoms with Gasteiger partial charge in [0.15, 0.2) is 11.7 Å². The highest BCUT2D eigenvalue weighted by atomic mass is 19.4. The van der Waals surface area contributed by atoms with E-state index in [1.54, 1.807) is 12.1 Å². The number of carbonyl (C=O) groups is 1. The third-order valence-electron chi connectivity index (χ3n) is 4.68. The van der Waals surface area contributed by atoms with Crippen LogP contribution < -0.4 is 10.6 Å². The molecule has 1 aromatic carbocycles. The lowest BCUT2D eigenvalue weighted by atomic mass is 10.0. The number of nitrogens with zero attached hydrogens (tertiary/aromatic N) is 2. The molecule has 0 radical (unpaired) electrons. The van der Waals surface area contributed by atoms with Crippen LogP contribution in [0, 0.1) is 5.82 Å². The summed E-state index contributed by atoms with van der Waals surface area (Å²) in [4.78, 5) is 12.4. The molecule has 3 heterocycles. The fourth-order valence-electron chi connectivity index (χ4n) is 3.24. The van der Waals surface area contributed by atoms with Gasteiger partial charge in [0.05, 0.1) is 12.3 Å². The molecule has 4 rings (SSSR count). The average Bonchev–Trinajstić information content (AvgIpc) is 3.35. The molecule has 0 aliphatic carbocycles. The Morgan fingerprint density at radius 3 is 2.69 bits per heavy atom. The number of hydrogen-bond donors (Lipinski definition) is 2. The maximum Gasteiger partial charge on any atom is 0.410 e. The van der Waals surface area contributed by atoms with E-state index in [-0.39, 0.29) is 24.5 Å². The van der Waals surface area contributed by atoms with Crippen LogP contribution in [0.5, 0.6) is 0 Å². The smallest absolute Gasteiger partial charge is 0.410 e. The molecule has 6 nitrogen and oxygen atoms in total. The third kappa shape index (κ3) is 3.96. The van der Waals surface area contributed by atoms with Gasteiger partial charge in [-0.15, -0.1) is 0 Å². The van der Waals surface area contributed by atoms with Crippen molar-refractivity contribution in [3.05, 3.63) is 71.6 Å². The molecule has 29 heavy (non-hydrogen) atoms. The summed E-state index contributed by atoms with van der Waals surface area (Å²) < 4.78 is 59.8. The summed E-state index contributed by atoms with van der Waals surface area (Å²) in [6, 6.07) is 7.38. The summed E-state index contributed by atoms with van der Waals surface area (Å²) >= 11 is 0. The van der Waals surface area contributed by atoms with Gasteiger partial charge in [-0.2, -0.15) is 18.3 Å². The predicted molar refractivity (Wildman–Crippen MR) is 94.6 cm³/mol. The van der Waals surface area contributed by atoms with Gasteiger partial charge in [0, 0.05) is 19.0 Å². The molecule has 0 saturated heterocycles. The van der Waals surface area contributed by atoms with E-state index in [2.05, 4.69) is 15.7 Å². The van der Waals surface area contributed by atoms with E-state index in [0.29, 0.717) is 11.3 Å². The van der Waals surface area contributed by atoms with Crippen LogP contribution in [0.3, 0.4) is 0 Å². The monoisotopic (exact) mass is 408 g/mol. The zero-order valence-corrected chi connectivity index (χ0v) is 14.9. The van der Waals surface area contributed by atoms with Crippen molar-refractivity contribution in [2.75, 3.05) is 5.32 Å². The topological polar surface area (TPSA) is 72.1 Å². The van der Waals surface area contributed by atoms with Crippen molar-refractivity contribution in [2.24, 2.45) is 0 Å². The molecule has 0 fully saturated rings. The van der Waals surface area contributed by atoms with Crippen LogP contribution in [0.25, 0.3) is 0 Å².